The molecular weight excluding hydrogens is 162 g/mol. The minimum atomic E-state index is 0.535. The number of hydrogen-bond acceptors (Lipinski definition) is 2. The van der Waals surface area contributed by atoms with E-state index in [1.807, 2.05) is 24.3 Å². The van der Waals surface area contributed by atoms with Gasteiger partial charge in [0.15, 0.2) is 0 Å². The number of H-pyrrole nitrogens is 1. The van der Waals surface area contributed by atoms with E-state index in [1.165, 1.54) is 5.57 Å². The van der Waals surface area contributed by atoms with Crippen molar-refractivity contribution in [3.05, 3.63) is 42.1 Å². The molecule has 66 valence electrons. The van der Waals surface area contributed by atoms with E-state index >= 15 is 0 Å². The van der Waals surface area contributed by atoms with Crippen LogP contribution in [0.25, 0.3) is 5.57 Å². The van der Waals surface area contributed by atoms with Crippen LogP contribution in [-0.4, -0.2) is 10.2 Å². The van der Waals surface area contributed by atoms with E-state index in [2.05, 4.69) is 22.3 Å². The number of aromatic nitrogens is 2. The van der Waals surface area contributed by atoms with Gasteiger partial charge in [0, 0.05) is 6.07 Å². The Morgan fingerprint density at radius 2 is 2.23 bits per heavy atom. The van der Waals surface area contributed by atoms with Crippen LogP contribution in [0.15, 0.2) is 36.4 Å². The summed E-state index contributed by atoms with van der Waals surface area (Å²) in [5.74, 6) is 0.535. The molecule has 0 radical (unpaired) electrons. The van der Waals surface area contributed by atoms with Gasteiger partial charge in [0.25, 0.3) is 0 Å². The van der Waals surface area contributed by atoms with Crippen LogP contribution in [0.4, 0.5) is 5.82 Å². The van der Waals surface area contributed by atoms with Crippen LogP contribution < -0.4 is 5.73 Å². The standard InChI is InChI=1S/C10H11N3/c11-10-7-9(12-13-10)8-5-3-1-2-4-6-8/h1-5,7H,6H2,(H3,11,12,13). The van der Waals surface area contributed by atoms with Crippen molar-refractivity contribution >= 4 is 11.4 Å². The van der Waals surface area contributed by atoms with E-state index in [1.54, 1.807) is 0 Å². The molecule has 13 heavy (non-hydrogen) atoms. The second-order valence-corrected chi connectivity index (χ2v) is 2.92. The van der Waals surface area contributed by atoms with Crippen molar-refractivity contribution in [1.82, 2.24) is 10.2 Å². The van der Waals surface area contributed by atoms with Crippen LogP contribution in [0.2, 0.25) is 0 Å². The SMILES string of the molecule is Nc1cc(C2=CC=CC=CC2)[nH]n1. The molecule has 0 bridgehead atoms. The molecule has 0 spiro atoms. The normalized spacial score (nSPS) is 15.5. The van der Waals surface area contributed by atoms with Gasteiger partial charge < -0.3 is 5.73 Å². The second kappa shape index (κ2) is 3.31. The summed E-state index contributed by atoms with van der Waals surface area (Å²) >= 11 is 0. The van der Waals surface area contributed by atoms with Crippen molar-refractivity contribution in [2.24, 2.45) is 0 Å². The maximum atomic E-state index is 5.52. The van der Waals surface area contributed by atoms with E-state index in [0.717, 1.165) is 12.1 Å². The summed E-state index contributed by atoms with van der Waals surface area (Å²) in [4.78, 5) is 0. The van der Waals surface area contributed by atoms with Crippen molar-refractivity contribution < 1.29 is 0 Å². The molecule has 0 saturated heterocycles. The van der Waals surface area contributed by atoms with Gasteiger partial charge >= 0.3 is 0 Å². The largest absolute Gasteiger partial charge is 0.382 e. The third-order valence-electron chi connectivity index (χ3n) is 1.94. The minimum absolute atomic E-state index is 0.535. The lowest BCUT2D eigenvalue weighted by Crippen LogP contribution is -1.82. The van der Waals surface area contributed by atoms with Gasteiger partial charge in [-0.25, -0.2) is 0 Å². The lowest BCUT2D eigenvalue weighted by Gasteiger charge is -1.97. The third kappa shape index (κ3) is 1.69. The summed E-state index contributed by atoms with van der Waals surface area (Å²) in [6, 6.07) is 1.85. The highest BCUT2D eigenvalue weighted by Crippen LogP contribution is 2.19. The van der Waals surface area contributed by atoms with Crippen LogP contribution in [0, 0.1) is 0 Å². The van der Waals surface area contributed by atoms with Crippen molar-refractivity contribution in [2.45, 2.75) is 6.42 Å². The van der Waals surface area contributed by atoms with E-state index in [0.29, 0.717) is 5.82 Å². The molecular formula is C10H11N3. The predicted molar refractivity (Wildman–Crippen MR) is 53.9 cm³/mol. The summed E-state index contributed by atoms with van der Waals surface area (Å²) in [5, 5.41) is 6.78. The van der Waals surface area contributed by atoms with Crippen LogP contribution in [0.3, 0.4) is 0 Å². The fourth-order valence-electron chi connectivity index (χ4n) is 1.28. The average molecular weight is 173 g/mol. The van der Waals surface area contributed by atoms with Crippen molar-refractivity contribution in [3.8, 4) is 0 Å². The number of hydrogen-bond donors (Lipinski definition) is 2. The van der Waals surface area contributed by atoms with Crippen LogP contribution >= 0.6 is 0 Å². The number of rotatable bonds is 1. The average Bonchev–Trinajstić information content (AvgIpc) is 2.43. The van der Waals surface area contributed by atoms with Gasteiger partial charge in [0.1, 0.15) is 5.82 Å². The van der Waals surface area contributed by atoms with Gasteiger partial charge in [-0.3, -0.25) is 5.10 Å². The fourth-order valence-corrected chi connectivity index (χ4v) is 1.28. The van der Waals surface area contributed by atoms with Crippen molar-refractivity contribution in [3.63, 3.8) is 0 Å². The molecule has 1 aliphatic carbocycles. The number of allylic oxidation sites excluding steroid dienone is 6. The quantitative estimate of drug-likeness (QED) is 0.681. The Balaban J connectivity index is 2.31. The Hall–Kier alpha value is -1.77. The summed E-state index contributed by atoms with van der Waals surface area (Å²) in [7, 11) is 0. The number of anilines is 1. The Bertz CT molecular complexity index is 383. The monoisotopic (exact) mass is 173 g/mol. The number of nitrogens with zero attached hydrogens (tertiary/aromatic N) is 1. The Kier molecular flexibility index (Phi) is 2.00. The highest BCUT2D eigenvalue weighted by molar-refractivity contribution is 5.67. The molecule has 0 atom stereocenters. The molecule has 1 aliphatic rings. The highest BCUT2D eigenvalue weighted by atomic mass is 15.2. The second-order valence-electron chi connectivity index (χ2n) is 2.92. The first-order valence-corrected chi connectivity index (χ1v) is 4.20. The molecule has 0 aliphatic heterocycles. The molecule has 1 aromatic rings. The number of nitrogens with one attached hydrogen (secondary N) is 1. The van der Waals surface area contributed by atoms with E-state index < -0.39 is 0 Å². The van der Waals surface area contributed by atoms with Gasteiger partial charge in [-0.1, -0.05) is 30.4 Å². The topological polar surface area (TPSA) is 54.7 Å². The van der Waals surface area contributed by atoms with Gasteiger partial charge in [-0.05, 0) is 12.0 Å². The van der Waals surface area contributed by atoms with Crippen LogP contribution in [0.1, 0.15) is 12.1 Å². The zero-order valence-electron chi connectivity index (χ0n) is 7.20. The van der Waals surface area contributed by atoms with Gasteiger partial charge in [-0.2, -0.15) is 5.10 Å². The zero-order valence-corrected chi connectivity index (χ0v) is 7.20. The first kappa shape index (κ1) is 7.86. The van der Waals surface area contributed by atoms with Crippen LogP contribution in [0.5, 0.6) is 0 Å². The van der Waals surface area contributed by atoms with E-state index in [4.69, 9.17) is 5.73 Å². The molecule has 1 heterocycles. The summed E-state index contributed by atoms with van der Waals surface area (Å²) in [5.41, 5.74) is 7.72. The molecule has 0 fully saturated rings. The van der Waals surface area contributed by atoms with Gasteiger partial charge in [-0.15, -0.1) is 0 Å². The first-order valence-electron chi connectivity index (χ1n) is 4.20. The van der Waals surface area contributed by atoms with Crippen molar-refractivity contribution in [2.75, 3.05) is 5.73 Å². The van der Waals surface area contributed by atoms with E-state index in [-0.39, 0.29) is 0 Å². The van der Waals surface area contributed by atoms with Crippen molar-refractivity contribution in [1.29, 1.82) is 0 Å². The molecule has 0 unspecified atom stereocenters. The van der Waals surface area contributed by atoms with Gasteiger partial charge in [0.05, 0.1) is 5.69 Å². The maximum Gasteiger partial charge on any atom is 0.145 e. The van der Waals surface area contributed by atoms with Gasteiger partial charge in [0.2, 0.25) is 0 Å². The molecule has 0 saturated carbocycles. The third-order valence-corrected chi connectivity index (χ3v) is 1.94. The molecule has 2 rings (SSSR count). The smallest absolute Gasteiger partial charge is 0.145 e. The highest BCUT2D eigenvalue weighted by Gasteiger charge is 2.02. The van der Waals surface area contributed by atoms with Crippen LogP contribution in [-0.2, 0) is 0 Å². The molecule has 3 heteroatoms. The number of nitrogens with two attached hydrogens (primary N) is 1. The minimum Gasteiger partial charge on any atom is -0.382 e. The first-order chi connectivity index (χ1) is 6.36. The lowest BCUT2D eigenvalue weighted by molar-refractivity contribution is 1.07. The molecule has 1 aromatic heterocycles. The molecule has 0 amide bonds. The lowest BCUT2D eigenvalue weighted by atomic mass is 10.1. The summed E-state index contributed by atoms with van der Waals surface area (Å²) < 4.78 is 0. The van der Waals surface area contributed by atoms with E-state index in [9.17, 15) is 0 Å². The summed E-state index contributed by atoms with van der Waals surface area (Å²) in [6.07, 6.45) is 11.1. The number of nitrogen functional groups attached to an aromatic ring is 1. The zero-order chi connectivity index (χ0) is 9.10. The Labute approximate surface area is 76.6 Å². The predicted octanol–water partition coefficient (Wildman–Crippen LogP) is 1.89. The Morgan fingerprint density at radius 3 is 3.00 bits per heavy atom. The number of aromatic amines is 1. The maximum absolute atomic E-state index is 5.52. The molecule has 3 N–H and O–H groups in total. The Morgan fingerprint density at radius 1 is 1.31 bits per heavy atom. The fraction of sp³-hybridized carbons (Fsp3) is 0.100. The molecule has 3 nitrogen and oxygen atoms in total. The summed E-state index contributed by atoms with van der Waals surface area (Å²) in [6.45, 7) is 0. The molecule has 0 aromatic carbocycles.